The predicted molar refractivity (Wildman–Crippen MR) is 143 cm³/mol. The topological polar surface area (TPSA) is 72.2 Å². The number of aliphatic hydroxyl groups is 1. The van der Waals surface area contributed by atoms with Gasteiger partial charge in [-0.3, -0.25) is 0 Å². The first kappa shape index (κ1) is 27.6. The number of hydrogen-bond acceptors (Lipinski definition) is 5. The van der Waals surface area contributed by atoms with Crippen LogP contribution in [0, 0.1) is 12.5 Å². The standard InChI is InChI=1S/C30H38N2O4/c1-6-35-29(34)14-11-25-17-26(31-5)12-13-28(25)21(2)36-20-27(33)19-32-30(3,4)18-22-15-23-9-7-8-10-24(23)16-22/h7-14,17,21-22,27,32-33H,6,15-16,18-20H2,1-4H3/b14-11+/t21-,27-/m1/s1. The van der Waals surface area contributed by atoms with E-state index in [0.29, 0.717) is 24.8 Å². The van der Waals surface area contributed by atoms with Crippen molar-refractivity contribution in [3.8, 4) is 0 Å². The molecular formula is C30H38N2O4. The fraction of sp³-hybridized carbons (Fsp3) is 0.467. The summed E-state index contributed by atoms with van der Waals surface area (Å²) in [6.07, 6.45) is 5.28. The van der Waals surface area contributed by atoms with Crippen LogP contribution >= 0.6 is 0 Å². The molecule has 2 aromatic rings. The lowest BCUT2D eigenvalue weighted by molar-refractivity contribution is -0.137. The van der Waals surface area contributed by atoms with Crippen LogP contribution in [0.5, 0.6) is 0 Å². The SMILES string of the molecule is [C-]#[N+]c1ccc([C@@H](C)OC[C@H](O)CNC(C)(C)CC2Cc3ccccc3C2)c(/C=C/C(=O)OCC)c1. The maximum absolute atomic E-state index is 11.7. The molecule has 0 radical (unpaired) electrons. The average molecular weight is 491 g/mol. The highest BCUT2D eigenvalue weighted by molar-refractivity contribution is 5.87. The fourth-order valence-corrected chi connectivity index (χ4v) is 4.88. The summed E-state index contributed by atoms with van der Waals surface area (Å²) in [7, 11) is 0. The molecule has 6 nitrogen and oxygen atoms in total. The highest BCUT2D eigenvalue weighted by atomic mass is 16.5. The van der Waals surface area contributed by atoms with Gasteiger partial charge in [0.05, 0.1) is 32.0 Å². The van der Waals surface area contributed by atoms with Crippen molar-refractivity contribution < 1.29 is 19.4 Å². The van der Waals surface area contributed by atoms with Gasteiger partial charge in [0.1, 0.15) is 0 Å². The van der Waals surface area contributed by atoms with E-state index >= 15 is 0 Å². The smallest absolute Gasteiger partial charge is 0.330 e. The van der Waals surface area contributed by atoms with E-state index in [4.69, 9.17) is 16.0 Å². The van der Waals surface area contributed by atoms with E-state index in [2.05, 4.69) is 48.3 Å². The van der Waals surface area contributed by atoms with Crippen molar-refractivity contribution in [2.45, 2.75) is 64.7 Å². The molecule has 36 heavy (non-hydrogen) atoms. The average Bonchev–Trinajstić information content (AvgIpc) is 3.26. The molecule has 2 atom stereocenters. The summed E-state index contributed by atoms with van der Waals surface area (Å²) in [5.41, 5.74) is 4.86. The molecule has 1 aliphatic rings. The van der Waals surface area contributed by atoms with Crippen LogP contribution in [0.3, 0.4) is 0 Å². The Kier molecular flexibility index (Phi) is 9.83. The minimum absolute atomic E-state index is 0.0973. The minimum Gasteiger partial charge on any atom is -0.463 e. The Morgan fingerprint density at radius 2 is 1.94 bits per heavy atom. The van der Waals surface area contributed by atoms with Crippen LogP contribution in [0.15, 0.2) is 48.5 Å². The van der Waals surface area contributed by atoms with E-state index < -0.39 is 12.1 Å². The zero-order valence-corrected chi connectivity index (χ0v) is 21.8. The predicted octanol–water partition coefficient (Wildman–Crippen LogP) is 5.43. The van der Waals surface area contributed by atoms with Gasteiger partial charge < -0.3 is 19.9 Å². The van der Waals surface area contributed by atoms with Crippen LogP contribution in [-0.2, 0) is 27.1 Å². The van der Waals surface area contributed by atoms with Gasteiger partial charge in [-0.25, -0.2) is 9.64 Å². The Hall–Kier alpha value is -2.98. The van der Waals surface area contributed by atoms with Crippen molar-refractivity contribution in [2.75, 3.05) is 19.8 Å². The van der Waals surface area contributed by atoms with Crippen LogP contribution in [0.1, 0.15) is 62.5 Å². The maximum Gasteiger partial charge on any atom is 0.330 e. The third-order valence-electron chi connectivity index (χ3n) is 6.61. The van der Waals surface area contributed by atoms with Crippen LogP contribution in [0.2, 0.25) is 0 Å². The molecule has 0 fully saturated rings. The van der Waals surface area contributed by atoms with E-state index in [1.165, 1.54) is 17.2 Å². The molecule has 0 saturated heterocycles. The number of nitrogens with one attached hydrogen (secondary N) is 1. The van der Waals surface area contributed by atoms with Gasteiger partial charge in [-0.15, -0.1) is 0 Å². The number of aliphatic hydroxyl groups excluding tert-OH is 1. The van der Waals surface area contributed by atoms with E-state index in [9.17, 15) is 9.90 Å². The molecule has 0 heterocycles. The summed E-state index contributed by atoms with van der Waals surface area (Å²) in [5.74, 6) is 0.175. The molecule has 1 aliphatic carbocycles. The summed E-state index contributed by atoms with van der Waals surface area (Å²) in [5, 5.41) is 14.1. The minimum atomic E-state index is -0.659. The molecule has 0 saturated carbocycles. The lowest BCUT2D eigenvalue weighted by Gasteiger charge is -2.31. The first-order valence-corrected chi connectivity index (χ1v) is 12.7. The van der Waals surface area contributed by atoms with Crippen LogP contribution in [-0.4, -0.2) is 42.5 Å². The van der Waals surface area contributed by atoms with Crippen molar-refractivity contribution in [3.63, 3.8) is 0 Å². The Balaban J connectivity index is 1.50. The first-order valence-electron chi connectivity index (χ1n) is 12.7. The van der Waals surface area contributed by atoms with E-state index in [-0.39, 0.29) is 18.2 Å². The molecule has 0 unspecified atom stereocenters. The largest absolute Gasteiger partial charge is 0.463 e. The fourth-order valence-electron chi connectivity index (χ4n) is 4.88. The van der Waals surface area contributed by atoms with Gasteiger partial charge in [0.25, 0.3) is 0 Å². The summed E-state index contributed by atoms with van der Waals surface area (Å²) in [6, 6.07) is 14.0. The van der Waals surface area contributed by atoms with Crippen molar-refractivity contribution in [3.05, 3.63) is 82.2 Å². The number of fused-ring (bicyclic) bond motifs is 1. The quantitative estimate of drug-likeness (QED) is 0.236. The number of esters is 1. The second-order valence-corrected chi connectivity index (χ2v) is 10.2. The third kappa shape index (κ3) is 8.03. The van der Waals surface area contributed by atoms with E-state index in [1.807, 2.05) is 13.0 Å². The molecule has 2 aromatic carbocycles. The molecule has 2 N–H and O–H groups in total. The number of ether oxygens (including phenoxy) is 2. The summed E-state index contributed by atoms with van der Waals surface area (Å²) in [6.45, 7) is 16.2. The van der Waals surface area contributed by atoms with Gasteiger partial charge in [0.15, 0.2) is 5.69 Å². The Bertz CT molecular complexity index is 1080. The van der Waals surface area contributed by atoms with Gasteiger partial charge >= 0.3 is 5.97 Å². The van der Waals surface area contributed by atoms with Gasteiger partial charge in [-0.2, -0.15) is 0 Å². The molecule has 0 spiro atoms. The number of β-amino-alcohol motifs (C(OH)–C–C–N with tert-alkyl or cyclic N) is 1. The molecular weight excluding hydrogens is 452 g/mol. The van der Waals surface area contributed by atoms with Crippen LogP contribution in [0.25, 0.3) is 10.9 Å². The van der Waals surface area contributed by atoms with Crippen molar-refractivity contribution in [1.82, 2.24) is 5.32 Å². The number of rotatable bonds is 12. The number of nitrogens with zero attached hydrogens (tertiary/aromatic N) is 1. The lowest BCUT2D eigenvalue weighted by Crippen LogP contribution is -2.45. The molecule has 3 rings (SSSR count). The second-order valence-electron chi connectivity index (χ2n) is 10.2. The highest BCUT2D eigenvalue weighted by Crippen LogP contribution is 2.32. The van der Waals surface area contributed by atoms with Crippen LogP contribution in [0.4, 0.5) is 5.69 Å². The zero-order valence-electron chi connectivity index (χ0n) is 21.8. The van der Waals surface area contributed by atoms with Crippen LogP contribution < -0.4 is 5.32 Å². The molecule has 6 heteroatoms. The Morgan fingerprint density at radius 1 is 1.25 bits per heavy atom. The van der Waals surface area contributed by atoms with Gasteiger partial charge in [-0.1, -0.05) is 36.4 Å². The summed E-state index contributed by atoms with van der Waals surface area (Å²) < 4.78 is 10.9. The van der Waals surface area contributed by atoms with E-state index in [1.54, 1.807) is 25.1 Å². The molecule has 0 bridgehead atoms. The first-order chi connectivity index (χ1) is 17.2. The number of carbonyl (C=O) groups excluding carboxylic acids is 1. The van der Waals surface area contributed by atoms with Gasteiger partial charge in [0.2, 0.25) is 0 Å². The molecule has 0 amide bonds. The highest BCUT2D eigenvalue weighted by Gasteiger charge is 2.28. The molecule has 0 aliphatic heterocycles. The lowest BCUT2D eigenvalue weighted by atomic mass is 9.88. The normalized spacial score (nSPS) is 15.4. The Labute approximate surface area is 215 Å². The number of hydrogen-bond donors (Lipinski definition) is 2. The number of carbonyl (C=O) groups is 1. The van der Waals surface area contributed by atoms with Gasteiger partial charge in [-0.05, 0) is 87.3 Å². The third-order valence-corrected chi connectivity index (χ3v) is 6.61. The van der Waals surface area contributed by atoms with Crippen molar-refractivity contribution in [1.29, 1.82) is 0 Å². The number of benzene rings is 2. The van der Waals surface area contributed by atoms with Crippen molar-refractivity contribution in [2.24, 2.45) is 5.92 Å². The monoisotopic (exact) mass is 490 g/mol. The molecule has 192 valence electrons. The zero-order chi connectivity index (χ0) is 26.1. The second kappa shape index (κ2) is 12.8. The summed E-state index contributed by atoms with van der Waals surface area (Å²) >= 11 is 0. The molecule has 0 aromatic heterocycles. The van der Waals surface area contributed by atoms with Crippen molar-refractivity contribution >= 4 is 17.7 Å². The van der Waals surface area contributed by atoms with E-state index in [0.717, 1.165) is 30.4 Å². The Morgan fingerprint density at radius 3 is 2.58 bits per heavy atom. The van der Waals surface area contributed by atoms with Gasteiger partial charge in [0, 0.05) is 18.2 Å². The maximum atomic E-state index is 11.7. The summed E-state index contributed by atoms with van der Waals surface area (Å²) in [4.78, 5) is 15.2.